The Morgan fingerprint density at radius 1 is 0.537 bits per heavy atom. The molecule has 2 fully saturated rings. The number of hydrogen-bond acceptors (Lipinski definition) is 17. The van der Waals surface area contributed by atoms with Crippen LogP contribution in [0.1, 0.15) is 121 Å². The third-order valence-corrected chi connectivity index (χ3v) is 16.7. The molecule has 2 aromatic rings. The molecule has 4 rings (SSSR count). The number of hydrogen-bond donors (Lipinski definition) is 15. The van der Waals surface area contributed by atoms with Gasteiger partial charge in [0.05, 0.1) is 12.6 Å². The van der Waals surface area contributed by atoms with Crippen molar-refractivity contribution in [3.05, 3.63) is 71.8 Å². The van der Waals surface area contributed by atoms with E-state index in [9.17, 15) is 62.3 Å². The average molecular weight is 1350 g/mol. The molecule has 0 spiro atoms. The molecule has 31 nitrogen and oxygen atoms in total. The minimum Gasteiger partial charge on any atom is -0.370 e. The van der Waals surface area contributed by atoms with Crippen molar-refractivity contribution in [2.75, 3.05) is 44.7 Å². The van der Waals surface area contributed by atoms with Crippen molar-refractivity contribution in [1.29, 1.82) is 0 Å². The molecule has 2 aromatic carbocycles. The monoisotopic (exact) mass is 1350 g/mol. The molecule has 10 atom stereocenters. The van der Waals surface area contributed by atoms with Crippen molar-refractivity contribution in [2.24, 2.45) is 51.0 Å². The van der Waals surface area contributed by atoms with Crippen LogP contribution in [0.4, 0.5) is 0 Å². The third kappa shape index (κ3) is 27.5. The number of amides is 13. The van der Waals surface area contributed by atoms with Crippen LogP contribution >= 0.6 is 11.8 Å². The Labute approximate surface area is 558 Å². The van der Waals surface area contributed by atoms with Crippen LogP contribution in [0.5, 0.6) is 0 Å². The fourth-order valence-electron chi connectivity index (χ4n) is 11.0. The molecule has 95 heavy (non-hydrogen) atoms. The average Bonchev–Trinajstić information content (AvgIpc) is 1.74. The lowest BCUT2D eigenvalue weighted by atomic mass is 10.0. The van der Waals surface area contributed by atoms with Crippen molar-refractivity contribution < 1.29 is 62.3 Å². The van der Waals surface area contributed by atoms with Crippen molar-refractivity contribution in [3.63, 3.8) is 0 Å². The maximum absolute atomic E-state index is 14.7. The van der Waals surface area contributed by atoms with Crippen LogP contribution in [-0.4, -0.2) is 198 Å². The van der Waals surface area contributed by atoms with Crippen LogP contribution in [0, 0.1) is 5.92 Å². The van der Waals surface area contributed by atoms with E-state index in [1.54, 1.807) is 60.7 Å². The number of primary amides is 3. The summed E-state index contributed by atoms with van der Waals surface area (Å²) in [7, 11) is 0. The topological polar surface area (TPSA) is 519 Å². The number of likely N-dealkylation sites (tertiary alicyclic amines) is 2. The summed E-state index contributed by atoms with van der Waals surface area (Å²) in [5.41, 5.74) is 40.6. The van der Waals surface area contributed by atoms with Gasteiger partial charge in [-0.1, -0.05) is 74.5 Å². The molecule has 2 heterocycles. The standard InChI is InChI=1S/C63H98N18O13S/c1-37(2)33-45(57(89)74-41(53(68)85)27-32-95-3)73-52(84)36-72-54(86)46(34-38-15-6-4-7-16-38)78-58(90)47(35-39-17-8-5-9-18-39)79-56(88)42(23-25-50(66)82)75-55(87)43(24-26-51(67)83)76-59(91)49-22-14-31-81(49)62(94)44(20-10-11-28-64)77-60(92)48-21-13-30-80(48)61(93)40(65)19-12-29-71-63(69)70/h4-9,15-18,37,40-49H,10-14,19-36,64-65H2,1-3H3,(H2,66,82)(H2,67,83)(H2,68,85)(H,72,86)(H,73,84)(H,74,89)(H,75,87)(H,76,91)(H,77,92)(H,78,90)(H,79,88)(H4,69,70,71)/t40-,41-,42+,43-,44-,45-,46+,47-,48-,49+/m0/s1. The molecule has 0 aliphatic carbocycles. The molecule has 524 valence electrons. The molecule has 2 saturated heterocycles. The highest BCUT2D eigenvalue weighted by molar-refractivity contribution is 7.98. The van der Waals surface area contributed by atoms with Gasteiger partial charge in [-0.3, -0.25) is 67.3 Å². The summed E-state index contributed by atoms with van der Waals surface area (Å²) in [6.07, 6.45) is 3.12. The van der Waals surface area contributed by atoms with Gasteiger partial charge in [-0.2, -0.15) is 11.8 Å². The number of aliphatic imine (C=N–C) groups is 1. The Hall–Kier alpha value is -8.91. The van der Waals surface area contributed by atoms with E-state index in [0.717, 1.165) is 0 Å². The molecule has 0 unspecified atom stereocenters. The van der Waals surface area contributed by atoms with Gasteiger partial charge in [-0.25, -0.2) is 0 Å². The summed E-state index contributed by atoms with van der Waals surface area (Å²) < 4.78 is 0. The van der Waals surface area contributed by atoms with Crippen molar-refractivity contribution in [3.8, 4) is 0 Å². The number of nitrogens with two attached hydrogens (primary N) is 7. The minimum atomic E-state index is -1.64. The first-order valence-corrected chi connectivity index (χ1v) is 33.6. The SMILES string of the molecule is CSCC[C@H](NC(=O)[C@H](CC(C)C)NC(=O)CNC(=O)[C@@H](Cc1ccccc1)NC(=O)[C@H](Cc1ccccc1)NC(=O)[C@@H](CCC(N)=O)NC(=O)[C@H](CCC(N)=O)NC(=O)[C@H]1CCCN1C(=O)[C@H](CCCCN)NC(=O)[C@@H]1CCCN1C(=O)[C@@H](N)CCCN=C(N)N)C(N)=O. The Morgan fingerprint density at radius 3 is 1.51 bits per heavy atom. The van der Waals surface area contributed by atoms with Gasteiger partial charge in [0, 0.05) is 45.3 Å². The zero-order chi connectivity index (χ0) is 70.1. The van der Waals surface area contributed by atoms with Crippen LogP contribution in [-0.2, 0) is 75.2 Å². The summed E-state index contributed by atoms with van der Waals surface area (Å²) >= 11 is 1.45. The predicted molar refractivity (Wildman–Crippen MR) is 356 cm³/mol. The Bertz CT molecular complexity index is 2960. The second kappa shape index (κ2) is 41.0. The first kappa shape index (κ1) is 78.5. The van der Waals surface area contributed by atoms with E-state index >= 15 is 0 Å². The maximum Gasteiger partial charge on any atom is 0.245 e. The molecule has 22 N–H and O–H groups in total. The molecular formula is C63H98N18O13S. The van der Waals surface area contributed by atoms with Gasteiger partial charge < -0.3 is 92.5 Å². The normalized spacial score (nSPS) is 16.8. The van der Waals surface area contributed by atoms with E-state index in [2.05, 4.69) is 47.5 Å². The van der Waals surface area contributed by atoms with Gasteiger partial charge in [0.1, 0.15) is 54.4 Å². The van der Waals surface area contributed by atoms with E-state index in [4.69, 9.17) is 40.1 Å². The lowest BCUT2D eigenvalue weighted by molar-refractivity contribution is -0.144. The third-order valence-electron chi connectivity index (χ3n) is 16.0. The summed E-state index contributed by atoms with van der Waals surface area (Å²) in [4.78, 5) is 185. The van der Waals surface area contributed by atoms with Gasteiger partial charge in [0.15, 0.2) is 5.96 Å². The molecule has 2 aliphatic rings. The van der Waals surface area contributed by atoms with E-state index in [-0.39, 0.29) is 83.0 Å². The largest absolute Gasteiger partial charge is 0.370 e. The zero-order valence-electron chi connectivity index (χ0n) is 54.5. The van der Waals surface area contributed by atoms with Crippen LogP contribution in [0.3, 0.4) is 0 Å². The number of carbonyl (C=O) groups excluding carboxylic acids is 13. The summed E-state index contributed by atoms with van der Waals surface area (Å²) in [5.74, 6) is -9.80. The molecule has 0 saturated carbocycles. The van der Waals surface area contributed by atoms with Gasteiger partial charge in [-0.05, 0) is 119 Å². The highest BCUT2D eigenvalue weighted by atomic mass is 32.2. The predicted octanol–water partition coefficient (Wildman–Crippen LogP) is -3.71. The van der Waals surface area contributed by atoms with E-state index < -0.39 is 169 Å². The first-order valence-electron chi connectivity index (χ1n) is 32.2. The number of benzene rings is 2. The number of unbranched alkanes of at least 4 members (excludes halogenated alkanes) is 1. The van der Waals surface area contributed by atoms with E-state index in [1.807, 2.05) is 20.1 Å². The Morgan fingerprint density at radius 2 is 1.01 bits per heavy atom. The van der Waals surface area contributed by atoms with Gasteiger partial charge in [0.25, 0.3) is 0 Å². The van der Waals surface area contributed by atoms with Gasteiger partial charge >= 0.3 is 0 Å². The maximum atomic E-state index is 14.7. The van der Waals surface area contributed by atoms with E-state index in [0.29, 0.717) is 55.4 Å². The molecule has 0 bridgehead atoms. The highest BCUT2D eigenvalue weighted by Gasteiger charge is 2.42. The second-order valence-electron chi connectivity index (χ2n) is 24.1. The smallest absolute Gasteiger partial charge is 0.245 e. The Kier molecular flexibility index (Phi) is 33.9. The second-order valence-corrected chi connectivity index (χ2v) is 25.1. The van der Waals surface area contributed by atoms with Crippen LogP contribution in [0.25, 0.3) is 0 Å². The van der Waals surface area contributed by atoms with E-state index in [1.165, 1.54) is 21.6 Å². The Balaban J connectivity index is 1.56. The van der Waals surface area contributed by atoms with Crippen molar-refractivity contribution >= 4 is 94.5 Å². The molecule has 2 aliphatic heterocycles. The number of carbonyl (C=O) groups is 13. The van der Waals surface area contributed by atoms with Crippen molar-refractivity contribution in [1.82, 2.24) is 52.3 Å². The summed E-state index contributed by atoms with van der Waals surface area (Å²) in [6.45, 7) is 3.86. The lowest BCUT2D eigenvalue weighted by Crippen LogP contribution is -2.60. The zero-order valence-corrected chi connectivity index (χ0v) is 55.3. The number of rotatable bonds is 42. The molecule has 0 radical (unpaired) electrons. The molecule has 13 amide bonds. The number of nitrogens with one attached hydrogen (secondary N) is 8. The van der Waals surface area contributed by atoms with Gasteiger partial charge in [-0.15, -0.1) is 0 Å². The molecule has 0 aromatic heterocycles. The quantitative estimate of drug-likeness (QED) is 0.0173. The summed E-state index contributed by atoms with van der Waals surface area (Å²) in [6, 6.07) is 4.51. The lowest BCUT2D eigenvalue weighted by Gasteiger charge is -2.32. The minimum absolute atomic E-state index is 0.0736. The fourth-order valence-corrected chi connectivity index (χ4v) is 11.5. The van der Waals surface area contributed by atoms with Crippen LogP contribution in [0.2, 0.25) is 0 Å². The fraction of sp³-hybridized carbons (Fsp3) is 0.587. The van der Waals surface area contributed by atoms with Gasteiger partial charge in [0.2, 0.25) is 76.8 Å². The van der Waals surface area contributed by atoms with Crippen molar-refractivity contribution in [2.45, 2.75) is 183 Å². The summed E-state index contributed by atoms with van der Waals surface area (Å²) in [5, 5.41) is 21.1. The molecule has 32 heteroatoms. The number of thioether (sulfide) groups is 1. The highest BCUT2D eigenvalue weighted by Crippen LogP contribution is 2.24. The van der Waals surface area contributed by atoms with Crippen LogP contribution < -0.4 is 82.7 Å². The number of guanidine groups is 1. The first-order chi connectivity index (χ1) is 45.2. The van der Waals surface area contributed by atoms with Crippen LogP contribution in [0.15, 0.2) is 65.7 Å². The molecular weight excluding hydrogens is 1250 g/mol. The number of nitrogens with zero attached hydrogens (tertiary/aromatic N) is 3.